The van der Waals surface area contributed by atoms with Crippen molar-refractivity contribution in [3.05, 3.63) is 88.9 Å². The quantitative estimate of drug-likeness (QED) is 0.518. The van der Waals surface area contributed by atoms with Gasteiger partial charge in [0.25, 0.3) is 11.8 Å². The third kappa shape index (κ3) is 4.96. The SMILES string of the molecule is Cc1cccc([C@@H]2c3cc(O[C@H](C)C(=O)N4CCSCC4)ccc3CCN2C(=O)c2ccco2)c1. The molecule has 2 atom stereocenters. The molecule has 0 bridgehead atoms. The topological polar surface area (TPSA) is 63.0 Å². The van der Waals surface area contributed by atoms with Crippen LogP contribution >= 0.6 is 11.8 Å². The molecule has 0 radical (unpaired) electrons. The van der Waals surface area contributed by atoms with Crippen LogP contribution in [-0.2, 0) is 11.2 Å². The molecule has 35 heavy (non-hydrogen) atoms. The molecule has 3 aromatic rings. The van der Waals surface area contributed by atoms with Crippen molar-refractivity contribution in [1.82, 2.24) is 9.80 Å². The van der Waals surface area contributed by atoms with Gasteiger partial charge >= 0.3 is 0 Å². The molecule has 2 aliphatic rings. The van der Waals surface area contributed by atoms with Crippen molar-refractivity contribution >= 4 is 23.6 Å². The Bertz CT molecular complexity index is 1200. The van der Waals surface area contributed by atoms with Crippen LogP contribution in [0.3, 0.4) is 0 Å². The van der Waals surface area contributed by atoms with Crippen molar-refractivity contribution in [1.29, 1.82) is 0 Å². The van der Waals surface area contributed by atoms with E-state index in [0.29, 0.717) is 18.1 Å². The summed E-state index contributed by atoms with van der Waals surface area (Å²) in [6, 6.07) is 17.4. The lowest BCUT2D eigenvalue weighted by Crippen LogP contribution is -2.44. The molecule has 3 heterocycles. The van der Waals surface area contributed by atoms with Gasteiger partial charge in [0.2, 0.25) is 0 Å². The highest BCUT2D eigenvalue weighted by molar-refractivity contribution is 7.99. The summed E-state index contributed by atoms with van der Waals surface area (Å²) >= 11 is 1.87. The van der Waals surface area contributed by atoms with Gasteiger partial charge < -0.3 is 19.0 Å². The number of carbonyl (C=O) groups excluding carboxylic acids is 2. The molecule has 0 spiro atoms. The maximum atomic E-state index is 13.4. The van der Waals surface area contributed by atoms with E-state index >= 15 is 0 Å². The lowest BCUT2D eigenvalue weighted by Gasteiger charge is -2.37. The Morgan fingerprint density at radius 2 is 1.89 bits per heavy atom. The van der Waals surface area contributed by atoms with Gasteiger partial charge in [-0.15, -0.1) is 0 Å². The zero-order valence-electron chi connectivity index (χ0n) is 20.1. The Balaban J connectivity index is 1.47. The minimum atomic E-state index is -0.571. The highest BCUT2D eigenvalue weighted by Crippen LogP contribution is 2.38. The molecule has 2 amide bonds. The molecule has 0 N–H and O–H groups in total. The van der Waals surface area contributed by atoms with Gasteiger partial charge in [-0.1, -0.05) is 35.9 Å². The molecule has 1 aromatic heterocycles. The van der Waals surface area contributed by atoms with Crippen LogP contribution in [0.1, 0.15) is 45.8 Å². The van der Waals surface area contributed by atoms with E-state index in [9.17, 15) is 9.59 Å². The predicted octanol–water partition coefficient (Wildman–Crippen LogP) is 4.72. The molecule has 2 aromatic carbocycles. The Morgan fingerprint density at radius 3 is 2.63 bits per heavy atom. The number of carbonyl (C=O) groups is 2. The summed E-state index contributed by atoms with van der Waals surface area (Å²) in [5.41, 5.74) is 4.37. The molecular weight excluding hydrogens is 460 g/mol. The maximum Gasteiger partial charge on any atom is 0.290 e. The number of fused-ring (bicyclic) bond motifs is 1. The minimum absolute atomic E-state index is 0.0212. The van der Waals surface area contributed by atoms with Gasteiger partial charge in [-0.05, 0) is 61.2 Å². The van der Waals surface area contributed by atoms with Crippen LogP contribution in [0.5, 0.6) is 5.75 Å². The van der Waals surface area contributed by atoms with Crippen molar-refractivity contribution in [2.24, 2.45) is 0 Å². The van der Waals surface area contributed by atoms with Crippen molar-refractivity contribution in [3.8, 4) is 5.75 Å². The highest BCUT2D eigenvalue weighted by Gasteiger charge is 2.34. The zero-order chi connectivity index (χ0) is 24.4. The Labute approximate surface area is 210 Å². The number of benzene rings is 2. The Hall–Kier alpha value is -3.19. The number of furan rings is 1. The largest absolute Gasteiger partial charge is 0.481 e. The van der Waals surface area contributed by atoms with Crippen LogP contribution in [0.2, 0.25) is 0 Å². The smallest absolute Gasteiger partial charge is 0.290 e. The van der Waals surface area contributed by atoms with E-state index in [4.69, 9.17) is 9.15 Å². The third-order valence-corrected chi connectivity index (χ3v) is 7.62. The number of hydrogen-bond acceptors (Lipinski definition) is 5. The fourth-order valence-electron chi connectivity index (χ4n) is 4.92. The van der Waals surface area contributed by atoms with E-state index in [1.54, 1.807) is 12.1 Å². The van der Waals surface area contributed by atoms with Crippen LogP contribution in [0.4, 0.5) is 0 Å². The second-order valence-electron chi connectivity index (χ2n) is 9.10. The van der Waals surface area contributed by atoms with Gasteiger partial charge in [-0.2, -0.15) is 11.8 Å². The van der Waals surface area contributed by atoms with E-state index in [-0.39, 0.29) is 17.9 Å². The van der Waals surface area contributed by atoms with Crippen molar-refractivity contribution in [2.45, 2.75) is 32.4 Å². The van der Waals surface area contributed by atoms with E-state index in [1.807, 2.05) is 46.7 Å². The number of ether oxygens (including phenoxy) is 1. The Kier molecular flexibility index (Phi) is 6.86. The van der Waals surface area contributed by atoms with E-state index in [1.165, 1.54) is 11.8 Å². The highest BCUT2D eigenvalue weighted by atomic mass is 32.2. The number of thioether (sulfide) groups is 1. The van der Waals surface area contributed by atoms with Gasteiger partial charge in [-0.3, -0.25) is 9.59 Å². The van der Waals surface area contributed by atoms with E-state index in [0.717, 1.165) is 47.7 Å². The first-order valence-corrected chi connectivity index (χ1v) is 13.2. The van der Waals surface area contributed by atoms with Gasteiger partial charge in [-0.25, -0.2) is 0 Å². The molecule has 1 saturated heterocycles. The number of nitrogens with zero attached hydrogens (tertiary/aromatic N) is 2. The fraction of sp³-hybridized carbons (Fsp3) is 0.357. The molecule has 1 fully saturated rings. The summed E-state index contributed by atoms with van der Waals surface area (Å²) in [6.07, 6.45) is 1.70. The van der Waals surface area contributed by atoms with Crippen molar-refractivity contribution in [2.75, 3.05) is 31.1 Å². The van der Waals surface area contributed by atoms with Gasteiger partial charge in [0.05, 0.1) is 12.3 Å². The molecule has 5 rings (SSSR count). The summed E-state index contributed by atoms with van der Waals surface area (Å²) in [4.78, 5) is 30.1. The zero-order valence-corrected chi connectivity index (χ0v) is 20.9. The van der Waals surface area contributed by atoms with Crippen LogP contribution in [0, 0.1) is 6.92 Å². The summed E-state index contributed by atoms with van der Waals surface area (Å²) in [5, 5.41) is 0. The normalized spacial score (nSPS) is 18.6. The molecule has 7 heteroatoms. The van der Waals surface area contributed by atoms with Gasteiger partial charge in [0, 0.05) is 31.1 Å². The molecule has 6 nitrogen and oxygen atoms in total. The number of aryl methyl sites for hydroxylation is 1. The first-order valence-electron chi connectivity index (χ1n) is 12.1. The predicted molar refractivity (Wildman–Crippen MR) is 137 cm³/mol. The summed E-state index contributed by atoms with van der Waals surface area (Å²) < 4.78 is 11.6. The van der Waals surface area contributed by atoms with Crippen molar-refractivity contribution in [3.63, 3.8) is 0 Å². The van der Waals surface area contributed by atoms with Crippen LogP contribution in [0.25, 0.3) is 0 Å². The standard InChI is InChI=1S/C28H30N2O4S/c1-19-5-3-6-22(17-19)26-24-18-23(34-20(2)27(31)29-12-15-35-16-13-29)9-8-21(24)10-11-30(26)28(32)25-7-4-14-33-25/h3-9,14,17-18,20,26H,10-13,15-16H2,1-2H3/t20-,26-/m1/s1. The summed E-state index contributed by atoms with van der Waals surface area (Å²) in [5.74, 6) is 2.79. The Morgan fingerprint density at radius 1 is 1.06 bits per heavy atom. The second kappa shape index (κ2) is 10.2. The average molecular weight is 491 g/mol. The lowest BCUT2D eigenvalue weighted by atomic mass is 9.87. The van der Waals surface area contributed by atoms with E-state index < -0.39 is 6.10 Å². The van der Waals surface area contributed by atoms with Crippen LogP contribution in [-0.4, -0.2) is 58.9 Å². The molecule has 182 valence electrons. The summed E-state index contributed by atoms with van der Waals surface area (Å²) in [7, 11) is 0. The second-order valence-corrected chi connectivity index (χ2v) is 10.3. The first-order chi connectivity index (χ1) is 17.0. The van der Waals surface area contributed by atoms with Gasteiger partial charge in [0.15, 0.2) is 11.9 Å². The van der Waals surface area contributed by atoms with Gasteiger partial charge in [0.1, 0.15) is 5.75 Å². The maximum absolute atomic E-state index is 13.4. The minimum Gasteiger partial charge on any atom is -0.481 e. The van der Waals surface area contributed by atoms with Crippen molar-refractivity contribution < 1.29 is 18.7 Å². The molecule has 0 unspecified atom stereocenters. The summed E-state index contributed by atoms with van der Waals surface area (Å²) in [6.45, 7) is 5.99. The monoisotopic (exact) mass is 490 g/mol. The average Bonchev–Trinajstić information content (AvgIpc) is 3.43. The molecule has 2 aliphatic heterocycles. The fourth-order valence-corrected chi connectivity index (χ4v) is 5.83. The number of hydrogen-bond donors (Lipinski definition) is 0. The van der Waals surface area contributed by atoms with Crippen LogP contribution in [0.15, 0.2) is 65.3 Å². The number of rotatable bonds is 5. The number of amides is 2. The van der Waals surface area contributed by atoms with E-state index in [2.05, 4.69) is 31.2 Å². The third-order valence-electron chi connectivity index (χ3n) is 6.68. The first kappa shape index (κ1) is 23.5. The van der Waals surface area contributed by atoms with Crippen LogP contribution < -0.4 is 4.74 Å². The molecular formula is C28H30N2O4S. The molecule has 0 saturated carbocycles. The lowest BCUT2D eigenvalue weighted by molar-refractivity contribution is -0.137. The molecule has 0 aliphatic carbocycles.